The van der Waals surface area contributed by atoms with Crippen molar-refractivity contribution in [3.05, 3.63) is 16.7 Å². The molecule has 0 bridgehead atoms. The van der Waals surface area contributed by atoms with Gasteiger partial charge in [-0.1, -0.05) is 0 Å². The second-order valence-corrected chi connectivity index (χ2v) is 4.63. The molecule has 6 heteroatoms. The van der Waals surface area contributed by atoms with Crippen LogP contribution in [0.25, 0.3) is 0 Å². The maximum atomic E-state index is 11.7. The Morgan fingerprint density at radius 3 is 3.06 bits per heavy atom. The van der Waals surface area contributed by atoms with Crippen LogP contribution < -0.4 is 10.1 Å². The van der Waals surface area contributed by atoms with Crippen LogP contribution in [0.1, 0.15) is 19.8 Å². The quantitative estimate of drug-likeness (QED) is 0.866. The molecule has 1 N–H and O–H groups in total. The number of pyridine rings is 1. The topological polar surface area (TPSA) is 68.3 Å². The van der Waals surface area contributed by atoms with Gasteiger partial charge in [-0.3, -0.25) is 4.79 Å². The molecular weight excluding hydrogens is 288 g/mol. The minimum absolute atomic E-state index is 0.0427. The van der Waals surface area contributed by atoms with Crippen molar-refractivity contribution in [3.63, 3.8) is 0 Å². The number of ether oxygens (including phenoxy) is 1. The molecule has 0 saturated heterocycles. The average Bonchev–Trinajstić information content (AvgIpc) is 2.26. The highest BCUT2D eigenvalue weighted by molar-refractivity contribution is 9.10. The van der Waals surface area contributed by atoms with Gasteiger partial charge in [0.2, 0.25) is 0 Å². The van der Waals surface area contributed by atoms with Crippen LogP contribution in [0.3, 0.4) is 0 Å². The fourth-order valence-corrected chi connectivity index (χ4v) is 1.85. The third-order valence-corrected chi connectivity index (χ3v) is 2.83. The Morgan fingerprint density at radius 2 is 2.35 bits per heavy atom. The van der Waals surface area contributed by atoms with Gasteiger partial charge >= 0.3 is 0 Å². The smallest absolute Gasteiger partial charge is 0.266 e. The number of carbonyl (C=O) groups excluding carboxylic acids is 2. The van der Waals surface area contributed by atoms with E-state index in [0.717, 1.165) is 0 Å². The predicted molar refractivity (Wildman–Crippen MR) is 64.9 cm³/mol. The van der Waals surface area contributed by atoms with Crippen molar-refractivity contribution in [2.75, 3.05) is 5.32 Å². The summed E-state index contributed by atoms with van der Waals surface area (Å²) >= 11 is 3.21. The number of halogens is 1. The average molecular weight is 299 g/mol. The van der Waals surface area contributed by atoms with E-state index in [0.29, 0.717) is 29.0 Å². The van der Waals surface area contributed by atoms with Gasteiger partial charge in [-0.15, -0.1) is 0 Å². The Morgan fingerprint density at radius 1 is 1.59 bits per heavy atom. The number of nitrogens with zero attached hydrogens (tertiary/aromatic N) is 1. The van der Waals surface area contributed by atoms with Crippen molar-refractivity contribution in [2.45, 2.75) is 25.9 Å². The number of Topliss-reactive ketones (excluding diaryl/α,β-unsaturated/α-hetero) is 1. The fraction of sp³-hybridized carbons (Fsp3) is 0.364. The first-order valence-corrected chi connectivity index (χ1v) is 5.99. The standard InChI is InChI=1S/C11H11BrN2O3/c1-6(15)2-3-8-11(16)14-10-7(17-8)4-5-9(12)13-10/h4-5,8H,2-3H2,1H3,(H,13,14,16). The largest absolute Gasteiger partial charge is 0.477 e. The fourth-order valence-electron chi connectivity index (χ4n) is 1.54. The molecular formula is C11H11BrN2O3. The summed E-state index contributed by atoms with van der Waals surface area (Å²) in [7, 11) is 0. The van der Waals surface area contributed by atoms with Gasteiger partial charge in [0.05, 0.1) is 0 Å². The molecule has 0 aliphatic carbocycles. The molecule has 1 aromatic heterocycles. The van der Waals surface area contributed by atoms with Crippen LogP contribution in [0.4, 0.5) is 5.82 Å². The molecule has 17 heavy (non-hydrogen) atoms. The number of aromatic nitrogens is 1. The SMILES string of the molecule is CC(=O)CCC1Oc2ccc(Br)nc2NC1=O. The summed E-state index contributed by atoms with van der Waals surface area (Å²) in [4.78, 5) is 26.6. The summed E-state index contributed by atoms with van der Waals surface area (Å²) in [5, 5.41) is 2.66. The number of hydrogen-bond acceptors (Lipinski definition) is 4. The lowest BCUT2D eigenvalue weighted by molar-refractivity contribution is -0.124. The number of ketones is 1. The molecule has 0 aromatic carbocycles. The monoisotopic (exact) mass is 298 g/mol. The van der Waals surface area contributed by atoms with Crippen LogP contribution in [0, 0.1) is 0 Å². The van der Waals surface area contributed by atoms with E-state index in [4.69, 9.17) is 4.74 Å². The Labute approximate surface area is 107 Å². The lowest BCUT2D eigenvalue weighted by atomic mass is 10.1. The van der Waals surface area contributed by atoms with Crippen LogP contribution in [-0.2, 0) is 9.59 Å². The van der Waals surface area contributed by atoms with E-state index in [1.165, 1.54) is 6.92 Å². The molecule has 2 heterocycles. The number of nitrogens with one attached hydrogen (secondary N) is 1. The molecule has 0 fully saturated rings. The number of amides is 1. The number of carbonyl (C=O) groups is 2. The predicted octanol–water partition coefficient (Wildman–Crippen LogP) is 1.91. The van der Waals surface area contributed by atoms with E-state index in [2.05, 4.69) is 26.2 Å². The molecule has 90 valence electrons. The highest BCUT2D eigenvalue weighted by Gasteiger charge is 2.28. The molecule has 0 saturated carbocycles. The summed E-state index contributed by atoms with van der Waals surface area (Å²) in [6.07, 6.45) is 0.1000. The molecule has 1 atom stereocenters. The number of fused-ring (bicyclic) bond motifs is 1. The second-order valence-electron chi connectivity index (χ2n) is 3.82. The first-order chi connectivity index (χ1) is 8.06. The molecule has 1 aliphatic rings. The summed E-state index contributed by atoms with van der Waals surface area (Å²) in [6.45, 7) is 1.49. The van der Waals surface area contributed by atoms with Crippen molar-refractivity contribution < 1.29 is 14.3 Å². The maximum absolute atomic E-state index is 11.7. The molecule has 1 amide bonds. The lowest BCUT2D eigenvalue weighted by Gasteiger charge is -2.24. The molecule has 5 nitrogen and oxygen atoms in total. The summed E-state index contributed by atoms with van der Waals surface area (Å²) in [5.74, 6) is 0.718. The zero-order chi connectivity index (χ0) is 12.4. The molecule has 0 spiro atoms. The van der Waals surface area contributed by atoms with Crippen LogP contribution in [0.15, 0.2) is 16.7 Å². The number of hydrogen-bond donors (Lipinski definition) is 1. The van der Waals surface area contributed by atoms with Gasteiger partial charge in [-0.25, -0.2) is 4.98 Å². The second kappa shape index (κ2) is 4.83. The zero-order valence-corrected chi connectivity index (χ0v) is 10.8. The van der Waals surface area contributed by atoms with Crippen LogP contribution in [-0.4, -0.2) is 22.8 Å². The third-order valence-electron chi connectivity index (χ3n) is 2.39. The van der Waals surface area contributed by atoms with E-state index in [1.807, 2.05) is 0 Å². The Bertz CT molecular complexity index is 476. The summed E-state index contributed by atoms with van der Waals surface area (Å²) < 4.78 is 6.13. The van der Waals surface area contributed by atoms with Crippen molar-refractivity contribution in [1.29, 1.82) is 0 Å². The maximum Gasteiger partial charge on any atom is 0.266 e. The Kier molecular flexibility index (Phi) is 3.42. The minimum atomic E-state index is -0.616. The van der Waals surface area contributed by atoms with Gasteiger partial charge in [0.1, 0.15) is 10.4 Å². The molecule has 1 aliphatic heterocycles. The first kappa shape index (κ1) is 12.0. The van der Waals surface area contributed by atoms with Crippen LogP contribution >= 0.6 is 15.9 Å². The van der Waals surface area contributed by atoms with E-state index >= 15 is 0 Å². The molecule has 1 unspecified atom stereocenters. The zero-order valence-electron chi connectivity index (χ0n) is 9.20. The summed E-state index contributed by atoms with van der Waals surface area (Å²) in [5.41, 5.74) is 0. The number of rotatable bonds is 3. The van der Waals surface area contributed by atoms with Gasteiger partial charge in [0.15, 0.2) is 17.7 Å². The Hall–Kier alpha value is -1.43. The number of anilines is 1. The van der Waals surface area contributed by atoms with E-state index < -0.39 is 6.10 Å². The third kappa shape index (κ3) is 2.82. The van der Waals surface area contributed by atoms with Crippen molar-refractivity contribution in [3.8, 4) is 5.75 Å². The molecule has 0 radical (unpaired) electrons. The normalized spacial score (nSPS) is 18.0. The highest BCUT2D eigenvalue weighted by Crippen LogP contribution is 2.30. The summed E-state index contributed by atoms with van der Waals surface area (Å²) in [6, 6.07) is 3.46. The van der Waals surface area contributed by atoms with Gasteiger partial charge in [-0.05, 0) is 35.0 Å². The van der Waals surface area contributed by atoms with Gasteiger partial charge in [-0.2, -0.15) is 0 Å². The Balaban J connectivity index is 2.13. The highest BCUT2D eigenvalue weighted by atomic mass is 79.9. The minimum Gasteiger partial charge on any atom is -0.477 e. The van der Waals surface area contributed by atoms with E-state index in [-0.39, 0.29) is 11.7 Å². The van der Waals surface area contributed by atoms with E-state index in [1.54, 1.807) is 12.1 Å². The van der Waals surface area contributed by atoms with Gasteiger partial charge in [0, 0.05) is 12.8 Å². The van der Waals surface area contributed by atoms with Crippen LogP contribution in [0.2, 0.25) is 0 Å². The molecule has 1 aromatic rings. The first-order valence-electron chi connectivity index (χ1n) is 5.20. The molecule has 2 rings (SSSR count). The van der Waals surface area contributed by atoms with Crippen LogP contribution in [0.5, 0.6) is 5.75 Å². The van der Waals surface area contributed by atoms with Gasteiger partial charge < -0.3 is 14.8 Å². The van der Waals surface area contributed by atoms with Crippen molar-refractivity contribution >= 4 is 33.4 Å². The van der Waals surface area contributed by atoms with Crippen molar-refractivity contribution in [2.24, 2.45) is 0 Å². The van der Waals surface area contributed by atoms with Crippen molar-refractivity contribution in [1.82, 2.24) is 4.98 Å². The van der Waals surface area contributed by atoms with Gasteiger partial charge in [0.25, 0.3) is 5.91 Å². The lowest BCUT2D eigenvalue weighted by Crippen LogP contribution is -2.37. The van der Waals surface area contributed by atoms with E-state index in [9.17, 15) is 9.59 Å².